The van der Waals surface area contributed by atoms with Crippen LogP contribution in [0.5, 0.6) is 23.0 Å². The number of carbonyl (C=O) groups is 1. The maximum absolute atomic E-state index is 12.5. The van der Waals surface area contributed by atoms with Crippen LogP contribution in [0, 0.1) is 11.3 Å². The van der Waals surface area contributed by atoms with Gasteiger partial charge in [-0.1, -0.05) is 6.07 Å². The number of methoxy groups -OCH3 is 2. The van der Waals surface area contributed by atoms with Crippen molar-refractivity contribution in [3.63, 3.8) is 0 Å². The molecule has 0 radical (unpaired) electrons. The maximum Gasteiger partial charge on any atom is 0.266 e. The van der Waals surface area contributed by atoms with Gasteiger partial charge in [0.1, 0.15) is 23.1 Å². The molecule has 0 fully saturated rings. The number of nitrogens with zero attached hydrogens (tertiary/aromatic N) is 1. The van der Waals surface area contributed by atoms with Gasteiger partial charge in [0.05, 0.1) is 19.9 Å². The molecule has 1 heterocycles. The van der Waals surface area contributed by atoms with Crippen LogP contribution in [0.3, 0.4) is 0 Å². The number of amides is 1. The average molecular weight is 352 g/mol. The van der Waals surface area contributed by atoms with Gasteiger partial charge in [-0.15, -0.1) is 0 Å². The van der Waals surface area contributed by atoms with E-state index < -0.39 is 5.91 Å². The van der Waals surface area contributed by atoms with Crippen molar-refractivity contribution in [3.05, 3.63) is 47.5 Å². The highest BCUT2D eigenvalue weighted by Gasteiger charge is 2.16. The van der Waals surface area contributed by atoms with Crippen LogP contribution < -0.4 is 24.3 Å². The van der Waals surface area contributed by atoms with Gasteiger partial charge in [-0.05, 0) is 35.9 Å². The van der Waals surface area contributed by atoms with Gasteiger partial charge in [0.2, 0.25) is 6.79 Å². The molecule has 1 aliphatic heterocycles. The normalized spacial score (nSPS) is 12.3. The van der Waals surface area contributed by atoms with E-state index in [1.165, 1.54) is 20.3 Å². The van der Waals surface area contributed by atoms with E-state index in [1.807, 2.05) is 6.07 Å². The molecule has 2 aromatic carbocycles. The Morgan fingerprint density at radius 3 is 2.69 bits per heavy atom. The predicted octanol–water partition coefficient (Wildman–Crippen LogP) is 2.98. The SMILES string of the molecule is COc1ccc(OC)c(NC(=O)C(C#N)=Cc2ccc3c(c2)OCO3)c1. The smallest absolute Gasteiger partial charge is 0.266 e. The monoisotopic (exact) mass is 352 g/mol. The van der Waals surface area contributed by atoms with Crippen LogP contribution >= 0.6 is 0 Å². The van der Waals surface area contributed by atoms with Crippen LogP contribution in [0.25, 0.3) is 6.08 Å². The molecule has 0 saturated heterocycles. The van der Waals surface area contributed by atoms with Crippen LogP contribution in [0.1, 0.15) is 5.56 Å². The number of fused-ring (bicyclic) bond motifs is 1. The van der Waals surface area contributed by atoms with E-state index in [0.717, 1.165) is 0 Å². The molecule has 0 spiro atoms. The van der Waals surface area contributed by atoms with Gasteiger partial charge in [-0.3, -0.25) is 4.79 Å². The lowest BCUT2D eigenvalue weighted by molar-refractivity contribution is -0.112. The summed E-state index contributed by atoms with van der Waals surface area (Å²) in [6.45, 7) is 0.156. The molecule has 7 nitrogen and oxygen atoms in total. The Labute approximate surface area is 150 Å². The van der Waals surface area contributed by atoms with Crippen molar-refractivity contribution in [2.45, 2.75) is 0 Å². The predicted molar refractivity (Wildman–Crippen MR) is 94.3 cm³/mol. The summed E-state index contributed by atoms with van der Waals surface area (Å²) in [5.74, 6) is 1.66. The first kappa shape index (κ1) is 17.2. The first-order valence-electron chi connectivity index (χ1n) is 7.69. The fourth-order valence-electron chi connectivity index (χ4n) is 2.42. The minimum absolute atomic E-state index is 0.0614. The summed E-state index contributed by atoms with van der Waals surface area (Å²) in [6.07, 6.45) is 1.48. The molecule has 2 aromatic rings. The first-order chi connectivity index (χ1) is 12.6. The highest BCUT2D eigenvalue weighted by molar-refractivity contribution is 6.10. The van der Waals surface area contributed by atoms with E-state index in [2.05, 4.69) is 5.32 Å². The molecule has 0 bridgehead atoms. The van der Waals surface area contributed by atoms with Gasteiger partial charge in [-0.2, -0.15) is 5.26 Å². The van der Waals surface area contributed by atoms with E-state index in [9.17, 15) is 10.1 Å². The summed E-state index contributed by atoms with van der Waals surface area (Å²) in [7, 11) is 3.01. The Bertz CT molecular complexity index is 915. The van der Waals surface area contributed by atoms with Crippen molar-refractivity contribution in [1.82, 2.24) is 0 Å². The molecule has 1 amide bonds. The molecular formula is C19H16N2O5. The van der Waals surface area contributed by atoms with Crippen LogP contribution in [0.4, 0.5) is 5.69 Å². The lowest BCUT2D eigenvalue weighted by atomic mass is 10.1. The molecular weight excluding hydrogens is 336 g/mol. The molecule has 1 N–H and O–H groups in total. The van der Waals surface area contributed by atoms with Gasteiger partial charge >= 0.3 is 0 Å². The summed E-state index contributed by atoms with van der Waals surface area (Å²) < 4.78 is 20.9. The zero-order chi connectivity index (χ0) is 18.5. The molecule has 0 aromatic heterocycles. The van der Waals surface area contributed by atoms with Crippen molar-refractivity contribution in [2.75, 3.05) is 26.3 Å². The third kappa shape index (κ3) is 3.54. The lowest BCUT2D eigenvalue weighted by Crippen LogP contribution is -2.14. The maximum atomic E-state index is 12.5. The van der Waals surface area contributed by atoms with Crippen LogP contribution in [0.15, 0.2) is 42.0 Å². The van der Waals surface area contributed by atoms with Crippen molar-refractivity contribution in [2.24, 2.45) is 0 Å². The Morgan fingerprint density at radius 1 is 1.15 bits per heavy atom. The van der Waals surface area contributed by atoms with Crippen LogP contribution in [0.2, 0.25) is 0 Å². The lowest BCUT2D eigenvalue weighted by Gasteiger charge is -2.11. The molecule has 26 heavy (non-hydrogen) atoms. The minimum Gasteiger partial charge on any atom is -0.497 e. The summed E-state index contributed by atoms with van der Waals surface area (Å²) in [6, 6.07) is 12.1. The Hall–Kier alpha value is -3.66. The quantitative estimate of drug-likeness (QED) is 0.657. The number of anilines is 1. The highest BCUT2D eigenvalue weighted by atomic mass is 16.7. The van der Waals surface area contributed by atoms with Crippen molar-refractivity contribution in [1.29, 1.82) is 5.26 Å². The number of nitrogens with one attached hydrogen (secondary N) is 1. The molecule has 1 aliphatic rings. The van der Waals surface area contributed by atoms with Gasteiger partial charge in [0.15, 0.2) is 11.5 Å². The fourth-order valence-corrected chi connectivity index (χ4v) is 2.42. The molecule has 0 atom stereocenters. The standard InChI is InChI=1S/C19H16N2O5/c1-23-14-4-6-16(24-2)15(9-14)21-19(22)13(10-20)7-12-3-5-17-18(8-12)26-11-25-17/h3-9H,11H2,1-2H3,(H,21,22). The molecule has 0 saturated carbocycles. The number of carbonyl (C=O) groups excluding carboxylic acids is 1. The van der Waals surface area contributed by atoms with Crippen LogP contribution in [-0.4, -0.2) is 26.9 Å². The summed E-state index contributed by atoms with van der Waals surface area (Å²) in [5, 5.41) is 12.0. The van der Waals surface area contributed by atoms with E-state index in [1.54, 1.807) is 36.4 Å². The Balaban J connectivity index is 1.85. The highest BCUT2D eigenvalue weighted by Crippen LogP contribution is 2.33. The second-order valence-electron chi connectivity index (χ2n) is 5.30. The molecule has 0 unspecified atom stereocenters. The molecule has 7 heteroatoms. The molecule has 0 aliphatic carbocycles. The van der Waals surface area contributed by atoms with Gasteiger partial charge < -0.3 is 24.3 Å². The van der Waals surface area contributed by atoms with Gasteiger partial charge in [-0.25, -0.2) is 0 Å². The van der Waals surface area contributed by atoms with Crippen LogP contribution in [-0.2, 0) is 4.79 Å². The second kappa shape index (κ2) is 7.49. The number of hydrogen-bond acceptors (Lipinski definition) is 6. The Kier molecular flexibility index (Phi) is 4.94. The van der Waals surface area contributed by atoms with Crippen molar-refractivity contribution < 1.29 is 23.7 Å². The summed E-state index contributed by atoms with van der Waals surface area (Å²) >= 11 is 0. The number of hydrogen-bond donors (Lipinski definition) is 1. The molecule has 132 valence electrons. The number of benzene rings is 2. The summed E-state index contributed by atoms with van der Waals surface area (Å²) in [4.78, 5) is 12.5. The average Bonchev–Trinajstić information content (AvgIpc) is 3.13. The van der Waals surface area contributed by atoms with Gasteiger partial charge in [0.25, 0.3) is 5.91 Å². The number of nitriles is 1. The first-order valence-corrected chi connectivity index (χ1v) is 7.69. The third-order valence-electron chi connectivity index (χ3n) is 3.73. The minimum atomic E-state index is -0.559. The van der Waals surface area contributed by atoms with E-state index in [0.29, 0.717) is 34.2 Å². The Morgan fingerprint density at radius 2 is 1.96 bits per heavy atom. The number of rotatable bonds is 5. The van der Waals surface area contributed by atoms with E-state index >= 15 is 0 Å². The second-order valence-corrected chi connectivity index (χ2v) is 5.30. The molecule has 3 rings (SSSR count). The zero-order valence-electron chi connectivity index (χ0n) is 14.2. The van der Waals surface area contributed by atoms with Crippen molar-refractivity contribution in [3.8, 4) is 29.1 Å². The fraction of sp³-hybridized carbons (Fsp3) is 0.158. The van der Waals surface area contributed by atoms with Crippen molar-refractivity contribution >= 4 is 17.7 Å². The number of ether oxygens (including phenoxy) is 4. The topological polar surface area (TPSA) is 89.8 Å². The van der Waals surface area contributed by atoms with E-state index in [4.69, 9.17) is 18.9 Å². The van der Waals surface area contributed by atoms with E-state index in [-0.39, 0.29) is 12.4 Å². The zero-order valence-corrected chi connectivity index (χ0v) is 14.2. The largest absolute Gasteiger partial charge is 0.497 e. The third-order valence-corrected chi connectivity index (χ3v) is 3.73. The summed E-state index contributed by atoms with van der Waals surface area (Å²) in [5.41, 5.74) is 0.996. The van der Waals surface area contributed by atoms with Gasteiger partial charge in [0, 0.05) is 6.07 Å².